The summed E-state index contributed by atoms with van der Waals surface area (Å²) < 4.78 is 0. The molecular weight excluding hydrogens is 108 g/mol. The average molecular weight is 112 g/mol. The molecule has 0 atom stereocenters. The minimum absolute atomic E-state index is 0.403. The van der Waals surface area contributed by atoms with Crippen LogP contribution in [0.25, 0.3) is 0 Å². The van der Waals surface area contributed by atoms with Gasteiger partial charge in [0.15, 0.2) is 0 Å². The fraction of sp³-hybridized carbons (Fsp3) is 0.250. The smallest absolute Gasteiger partial charge is 0.317 e. The molecule has 4 nitrogen and oxygen atoms in total. The third-order valence-corrected chi connectivity index (χ3v) is 0.230. The zero-order valence-electron chi connectivity index (χ0n) is 4.03. The largest absolute Gasteiger partial charge is 0.480 e. The molecule has 0 aromatic heterocycles. The molecule has 0 aliphatic heterocycles. The molecule has 8 heavy (non-hydrogen) atoms. The lowest BCUT2D eigenvalue weighted by Crippen LogP contribution is -1.88. The molecule has 0 amide bonds. The fourth-order valence-electron chi connectivity index (χ4n) is 0.0676. The second-order valence-electron chi connectivity index (χ2n) is 0.729. The summed E-state index contributed by atoms with van der Waals surface area (Å²) in [7, 11) is 0. The summed E-state index contributed by atoms with van der Waals surface area (Å²) in [6.07, 6.45) is -0.403. The number of carboxylic acid groups (broad SMARTS) is 1. The molecule has 1 N–H and O–H groups in total. The normalized spacial score (nSPS) is 5.12. The lowest BCUT2D eigenvalue weighted by Gasteiger charge is -1.70. The zero-order chi connectivity index (χ0) is 6.99. The van der Waals surface area contributed by atoms with Crippen molar-refractivity contribution in [2.75, 3.05) is 0 Å². The van der Waals surface area contributed by atoms with Crippen LogP contribution < -0.4 is 0 Å². The van der Waals surface area contributed by atoms with Crippen LogP contribution in [0.3, 0.4) is 0 Å². The Balaban J connectivity index is 0. The van der Waals surface area contributed by atoms with Crippen LogP contribution in [0.4, 0.5) is 0 Å². The molecule has 0 rings (SSSR count). The van der Waals surface area contributed by atoms with Crippen LogP contribution in [0.15, 0.2) is 0 Å². The first-order valence-corrected chi connectivity index (χ1v) is 1.62. The predicted octanol–water partition coefficient (Wildman–Crippen LogP) is 0.124. The molecule has 0 spiro atoms. The highest BCUT2D eigenvalue weighted by Crippen LogP contribution is 1.68. The van der Waals surface area contributed by atoms with Gasteiger partial charge in [0.2, 0.25) is 0 Å². The molecule has 0 unspecified atom stereocenters. The maximum Gasteiger partial charge on any atom is 0.317 e. The van der Waals surface area contributed by atoms with E-state index in [2.05, 4.69) is 6.57 Å². The van der Waals surface area contributed by atoms with E-state index in [4.69, 9.17) is 15.6 Å². The van der Waals surface area contributed by atoms with Crippen molar-refractivity contribution in [1.82, 2.24) is 0 Å². The molecule has 0 saturated carbocycles. The van der Waals surface area contributed by atoms with Gasteiger partial charge in [-0.25, -0.2) is 5.26 Å². The van der Waals surface area contributed by atoms with E-state index in [0.29, 0.717) is 0 Å². The number of nitriles is 2. The molecule has 0 aliphatic carbocycles. The summed E-state index contributed by atoms with van der Waals surface area (Å²) in [5.74, 6) is -1.07. The molecular formula is C4H4N2O2. The Labute approximate surface area is 46.6 Å². The van der Waals surface area contributed by atoms with Crippen LogP contribution >= 0.6 is 0 Å². The van der Waals surface area contributed by atoms with Crippen LogP contribution in [-0.2, 0) is 4.79 Å². The number of nitrogens with zero attached hydrogens (tertiary/aromatic N) is 2. The average Bonchev–Trinajstić information content (AvgIpc) is 1.72. The summed E-state index contributed by atoms with van der Waals surface area (Å²) in [4.78, 5) is 9.38. The Hall–Kier alpha value is -1.55. The highest BCUT2D eigenvalue weighted by molar-refractivity contribution is 5.69. The van der Waals surface area contributed by atoms with Gasteiger partial charge in [0.1, 0.15) is 6.42 Å². The number of aliphatic carboxylic acids is 1. The van der Waals surface area contributed by atoms with Crippen molar-refractivity contribution in [3.05, 3.63) is 0 Å². The van der Waals surface area contributed by atoms with Crippen LogP contribution in [0.1, 0.15) is 6.42 Å². The summed E-state index contributed by atoms with van der Waals surface area (Å²) >= 11 is 0. The lowest BCUT2D eigenvalue weighted by atomic mass is 10.5. The monoisotopic (exact) mass is 112 g/mol. The molecule has 0 aliphatic rings. The number of hydrogen-bond acceptors (Lipinski definition) is 3. The van der Waals surface area contributed by atoms with Crippen LogP contribution in [0.2, 0.25) is 0 Å². The highest BCUT2D eigenvalue weighted by atomic mass is 16.4. The predicted molar refractivity (Wildman–Crippen MR) is 24.5 cm³/mol. The molecule has 0 fully saturated rings. The van der Waals surface area contributed by atoms with E-state index in [1.807, 2.05) is 0 Å². The molecule has 4 heteroatoms. The molecule has 42 valence electrons. The first-order chi connectivity index (χ1) is 3.77. The summed E-state index contributed by atoms with van der Waals surface area (Å²) in [6.45, 7) is 3.50. The lowest BCUT2D eigenvalue weighted by molar-refractivity contribution is -0.135. The standard InChI is InChI=1S/C3H3NO2.CHN/c4-2-1-3(5)6;1-2/h1H2,(H,5,6);1H. The van der Waals surface area contributed by atoms with E-state index in [1.165, 1.54) is 6.07 Å². The fourth-order valence-corrected chi connectivity index (χ4v) is 0.0676. The quantitative estimate of drug-likeness (QED) is 0.522. The van der Waals surface area contributed by atoms with E-state index in [1.54, 1.807) is 0 Å². The number of carboxylic acids is 1. The molecule has 0 radical (unpaired) electrons. The third kappa shape index (κ3) is 25.2. The van der Waals surface area contributed by atoms with Gasteiger partial charge in [0, 0.05) is 6.57 Å². The highest BCUT2D eigenvalue weighted by Gasteiger charge is 1.87. The molecule has 0 aromatic carbocycles. The summed E-state index contributed by atoms with van der Waals surface area (Å²) in [6, 6.07) is 1.47. The van der Waals surface area contributed by atoms with Gasteiger partial charge in [-0.2, -0.15) is 5.26 Å². The summed E-state index contributed by atoms with van der Waals surface area (Å²) in [5.41, 5.74) is 0. The minimum Gasteiger partial charge on any atom is -0.480 e. The van der Waals surface area contributed by atoms with Gasteiger partial charge in [-0.15, -0.1) is 0 Å². The van der Waals surface area contributed by atoms with Gasteiger partial charge >= 0.3 is 5.97 Å². The molecule has 0 aromatic rings. The Morgan fingerprint density at radius 1 is 1.75 bits per heavy atom. The van der Waals surface area contributed by atoms with Gasteiger partial charge in [-0.3, -0.25) is 4.79 Å². The maximum absolute atomic E-state index is 9.38. The third-order valence-electron chi connectivity index (χ3n) is 0.230. The second kappa shape index (κ2) is 9.07. The summed E-state index contributed by atoms with van der Waals surface area (Å²) in [5, 5.41) is 21.8. The first-order valence-electron chi connectivity index (χ1n) is 1.62. The van der Waals surface area contributed by atoms with Gasteiger partial charge in [0.05, 0.1) is 6.07 Å². The molecule has 0 saturated heterocycles. The van der Waals surface area contributed by atoms with Crippen LogP contribution in [0.5, 0.6) is 0 Å². The van der Waals surface area contributed by atoms with E-state index < -0.39 is 12.4 Å². The van der Waals surface area contributed by atoms with Crippen molar-refractivity contribution in [3.8, 4) is 12.6 Å². The van der Waals surface area contributed by atoms with Gasteiger partial charge in [-0.1, -0.05) is 0 Å². The van der Waals surface area contributed by atoms with Gasteiger partial charge < -0.3 is 5.11 Å². The second-order valence-corrected chi connectivity index (χ2v) is 0.729. The van der Waals surface area contributed by atoms with E-state index >= 15 is 0 Å². The topological polar surface area (TPSA) is 84.9 Å². The zero-order valence-corrected chi connectivity index (χ0v) is 4.03. The van der Waals surface area contributed by atoms with Crippen LogP contribution in [0, 0.1) is 23.2 Å². The maximum atomic E-state index is 9.38. The number of hydrogen-bond donors (Lipinski definition) is 1. The Kier molecular flexibility index (Phi) is 11.0. The van der Waals surface area contributed by atoms with Crippen molar-refractivity contribution < 1.29 is 9.90 Å². The van der Waals surface area contributed by atoms with E-state index in [0.717, 1.165) is 0 Å². The first kappa shape index (κ1) is 9.67. The van der Waals surface area contributed by atoms with Crippen molar-refractivity contribution in [1.29, 1.82) is 10.5 Å². The van der Waals surface area contributed by atoms with Crippen molar-refractivity contribution in [3.63, 3.8) is 0 Å². The van der Waals surface area contributed by atoms with Gasteiger partial charge in [0.25, 0.3) is 0 Å². The Morgan fingerprint density at radius 3 is 2.12 bits per heavy atom. The van der Waals surface area contributed by atoms with Crippen molar-refractivity contribution in [2.24, 2.45) is 0 Å². The Bertz CT molecular complexity index is 122. The SMILES string of the molecule is C#N.N#CCC(=O)O. The minimum atomic E-state index is -1.07. The van der Waals surface area contributed by atoms with E-state index in [-0.39, 0.29) is 0 Å². The number of rotatable bonds is 1. The Morgan fingerprint density at radius 2 is 2.12 bits per heavy atom. The van der Waals surface area contributed by atoms with E-state index in [9.17, 15) is 4.79 Å². The molecule has 0 heterocycles. The molecule has 0 bridgehead atoms. The van der Waals surface area contributed by atoms with Crippen molar-refractivity contribution >= 4 is 5.97 Å². The number of carbonyl (C=O) groups is 1. The van der Waals surface area contributed by atoms with Gasteiger partial charge in [-0.05, 0) is 0 Å². The van der Waals surface area contributed by atoms with Crippen LogP contribution in [-0.4, -0.2) is 11.1 Å². The van der Waals surface area contributed by atoms with Crippen molar-refractivity contribution in [2.45, 2.75) is 6.42 Å².